The van der Waals surface area contributed by atoms with Crippen LogP contribution in [0, 0.1) is 0 Å². The molecule has 1 N–H and O–H groups in total. The fourth-order valence-electron chi connectivity index (χ4n) is 1.77. The van der Waals surface area contributed by atoms with E-state index in [0.717, 1.165) is 10.2 Å². The summed E-state index contributed by atoms with van der Waals surface area (Å²) in [6, 6.07) is 10.8. The summed E-state index contributed by atoms with van der Waals surface area (Å²) in [5, 5.41) is 3.18. The quantitative estimate of drug-likeness (QED) is 0.755. The summed E-state index contributed by atoms with van der Waals surface area (Å²) in [7, 11) is 0. The lowest BCUT2D eigenvalue weighted by Gasteiger charge is -2.18. The molecule has 2 aromatic rings. The average Bonchev–Trinajstić information content (AvgIpc) is 2.39. The molecule has 1 heterocycles. The topological polar surface area (TPSA) is 42.0 Å². The Kier molecular flexibility index (Phi) is 4.69. The Balaban J connectivity index is 2.32. The minimum Gasteiger partial charge on any atom is -0.321 e. The molecule has 1 aromatic heterocycles. The van der Waals surface area contributed by atoms with Crippen molar-refractivity contribution in [2.75, 3.05) is 5.32 Å². The molecule has 5 heteroatoms. The second-order valence-corrected chi connectivity index (χ2v) is 6.99. The fraction of sp³-hybridized carbons (Fsp3) is 0.250. The van der Waals surface area contributed by atoms with Crippen molar-refractivity contribution in [3.8, 4) is 0 Å². The van der Waals surface area contributed by atoms with Crippen LogP contribution < -0.4 is 5.32 Å². The minimum absolute atomic E-state index is 0.173. The number of aromatic nitrogens is 1. The van der Waals surface area contributed by atoms with Gasteiger partial charge in [-0.05, 0) is 40.2 Å². The normalized spacial score (nSPS) is 11.3. The van der Waals surface area contributed by atoms with Gasteiger partial charge in [0, 0.05) is 21.1 Å². The number of carbonyl (C=O) groups is 1. The van der Waals surface area contributed by atoms with Crippen molar-refractivity contribution in [3.63, 3.8) is 0 Å². The Morgan fingerprint density at radius 1 is 1.24 bits per heavy atom. The number of amides is 1. The zero-order chi connectivity index (χ0) is 15.6. The Bertz CT molecular complexity index is 680. The maximum atomic E-state index is 12.4. The number of anilines is 1. The van der Waals surface area contributed by atoms with Crippen molar-refractivity contribution in [1.82, 2.24) is 4.98 Å². The van der Waals surface area contributed by atoms with Gasteiger partial charge in [-0.3, -0.25) is 4.79 Å². The van der Waals surface area contributed by atoms with E-state index < -0.39 is 0 Å². The van der Waals surface area contributed by atoms with Crippen LogP contribution >= 0.6 is 27.5 Å². The number of halogens is 2. The number of nitrogens with zero attached hydrogens (tertiary/aromatic N) is 1. The number of carbonyl (C=O) groups excluding carboxylic acids is 1. The molecule has 0 radical (unpaired) electrons. The summed E-state index contributed by atoms with van der Waals surface area (Å²) in [5.74, 6) is -0.211. The average molecular weight is 368 g/mol. The lowest BCUT2D eigenvalue weighted by atomic mass is 9.91. The van der Waals surface area contributed by atoms with Gasteiger partial charge in [-0.2, -0.15) is 0 Å². The SMILES string of the molecule is CC(C)(C)c1cc(C(=O)Nc2ccccc2Br)cc(Cl)n1. The third kappa shape index (κ3) is 4.05. The Labute approximate surface area is 137 Å². The van der Waals surface area contributed by atoms with E-state index in [1.54, 1.807) is 12.1 Å². The summed E-state index contributed by atoms with van der Waals surface area (Å²) >= 11 is 9.44. The first kappa shape index (κ1) is 16.0. The molecule has 0 bridgehead atoms. The van der Waals surface area contributed by atoms with E-state index in [9.17, 15) is 4.79 Å². The summed E-state index contributed by atoms with van der Waals surface area (Å²) in [6.45, 7) is 6.09. The van der Waals surface area contributed by atoms with Gasteiger partial charge in [-0.25, -0.2) is 4.98 Å². The highest BCUT2D eigenvalue weighted by Gasteiger charge is 2.19. The predicted octanol–water partition coefficient (Wildman–Crippen LogP) is 5.05. The largest absolute Gasteiger partial charge is 0.321 e. The zero-order valence-corrected chi connectivity index (χ0v) is 14.4. The molecule has 2 rings (SSSR count). The van der Waals surface area contributed by atoms with E-state index >= 15 is 0 Å². The third-order valence-corrected chi connectivity index (χ3v) is 3.83. The van der Waals surface area contributed by atoms with E-state index in [-0.39, 0.29) is 11.3 Å². The highest BCUT2D eigenvalue weighted by molar-refractivity contribution is 9.10. The van der Waals surface area contributed by atoms with Crippen LogP contribution in [0.1, 0.15) is 36.8 Å². The molecule has 0 spiro atoms. The van der Waals surface area contributed by atoms with Crippen molar-refractivity contribution in [2.45, 2.75) is 26.2 Å². The van der Waals surface area contributed by atoms with Gasteiger partial charge in [0.1, 0.15) is 5.15 Å². The molecule has 0 atom stereocenters. The molecule has 0 saturated heterocycles. The summed E-state index contributed by atoms with van der Waals surface area (Å²) in [6.07, 6.45) is 0. The molecule has 0 aliphatic heterocycles. The van der Waals surface area contributed by atoms with E-state index in [1.165, 1.54) is 0 Å². The van der Waals surface area contributed by atoms with Gasteiger partial charge in [0.2, 0.25) is 0 Å². The molecule has 0 aliphatic rings. The maximum absolute atomic E-state index is 12.4. The van der Waals surface area contributed by atoms with Crippen molar-refractivity contribution >= 4 is 39.1 Å². The first-order valence-electron chi connectivity index (χ1n) is 6.51. The lowest BCUT2D eigenvalue weighted by molar-refractivity contribution is 0.102. The molecule has 1 amide bonds. The van der Waals surface area contributed by atoms with Crippen LogP contribution in [0.25, 0.3) is 0 Å². The molecule has 1 aromatic carbocycles. The molecule has 110 valence electrons. The molecular weight excluding hydrogens is 352 g/mol. The standard InChI is InChI=1S/C16H16BrClN2O/c1-16(2,3)13-8-10(9-14(18)20-13)15(21)19-12-7-5-4-6-11(12)17/h4-9H,1-3H3,(H,19,21). The van der Waals surface area contributed by atoms with Crippen LogP contribution in [0.4, 0.5) is 5.69 Å². The van der Waals surface area contributed by atoms with Gasteiger partial charge in [0.05, 0.1) is 5.69 Å². The van der Waals surface area contributed by atoms with Crippen molar-refractivity contribution in [3.05, 3.63) is 57.3 Å². The van der Waals surface area contributed by atoms with E-state index in [0.29, 0.717) is 16.4 Å². The number of rotatable bonds is 2. The van der Waals surface area contributed by atoms with Gasteiger partial charge in [-0.15, -0.1) is 0 Å². The molecule has 3 nitrogen and oxygen atoms in total. The van der Waals surface area contributed by atoms with Gasteiger partial charge in [0.15, 0.2) is 0 Å². The number of nitrogens with one attached hydrogen (secondary N) is 1. The molecule has 21 heavy (non-hydrogen) atoms. The van der Waals surface area contributed by atoms with Crippen LogP contribution in [0.5, 0.6) is 0 Å². The van der Waals surface area contributed by atoms with Gasteiger partial charge in [0.25, 0.3) is 5.91 Å². The zero-order valence-electron chi connectivity index (χ0n) is 12.1. The number of hydrogen-bond donors (Lipinski definition) is 1. The van der Waals surface area contributed by atoms with Gasteiger partial charge >= 0.3 is 0 Å². The first-order valence-corrected chi connectivity index (χ1v) is 7.68. The number of benzene rings is 1. The number of para-hydroxylation sites is 1. The Morgan fingerprint density at radius 3 is 2.52 bits per heavy atom. The van der Waals surface area contributed by atoms with E-state index in [4.69, 9.17) is 11.6 Å². The van der Waals surface area contributed by atoms with E-state index in [2.05, 4.69) is 26.2 Å². The molecule has 0 saturated carbocycles. The second kappa shape index (κ2) is 6.16. The summed E-state index contributed by atoms with van der Waals surface area (Å²) in [4.78, 5) is 16.7. The molecule has 0 aliphatic carbocycles. The third-order valence-electron chi connectivity index (χ3n) is 2.95. The highest BCUT2D eigenvalue weighted by atomic mass is 79.9. The Hall–Kier alpha value is -1.39. The van der Waals surface area contributed by atoms with Crippen LogP contribution in [-0.2, 0) is 5.41 Å². The van der Waals surface area contributed by atoms with Gasteiger partial charge in [-0.1, -0.05) is 44.5 Å². The minimum atomic E-state index is -0.211. The maximum Gasteiger partial charge on any atom is 0.255 e. The first-order chi connectivity index (χ1) is 9.77. The summed E-state index contributed by atoms with van der Waals surface area (Å²) in [5.41, 5.74) is 1.82. The lowest BCUT2D eigenvalue weighted by Crippen LogP contribution is -2.17. The second-order valence-electron chi connectivity index (χ2n) is 5.75. The van der Waals surface area contributed by atoms with E-state index in [1.807, 2.05) is 45.0 Å². The van der Waals surface area contributed by atoms with Crippen LogP contribution in [0.3, 0.4) is 0 Å². The monoisotopic (exact) mass is 366 g/mol. The smallest absolute Gasteiger partial charge is 0.255 e. The van der Waals surface area contributed by atoms with Crippen LogP contribution in [0.2, 0.25) is 5.15 Å². The van der Waals surface area contributed by atoms with Gasteiger partial charge < -0.3 is 5.32 Å². The molecule has 0 fully saturated rings. The molecule has 0 unspecified atom stereocenters. The highest BCUT2D eigenvalue weighted by Crippen LogP contribution is 2.25. The predicted molar refractivity (Wildman–Crippen MR) is 90.0 cm³/mol. The number of hydrogen-bond acceptors (Lipinski definition) is 2. The van der Waals surface area contributed by atoms with Crippen molar-refractivity contribution in [2.24, 2.45) is 0 Å². The number of pyridine rings is 1. The van der Waals surface area contributed by atoms with Crippen molar-refractivity contribution < 1.29 is 4.79 Å². The van der Waals surface area contributed by atoms with Crippen LogP contribution in [0.15, 0.2) is 40.9 Å². The Morgan fingerprint density at radius 2 is 1.90 bits per heavy atom. The van der Waals surface area contributed by atoms with Crippen LogP contribution in [-0.4, -0.2) is 10.9 Å². The van der Waals surface area contributed by atoms with Crippen molar-refractivity contribution in [1.29, 1.82) is 0 Å². The molecular formula is C16H16BrClN2O. The fourth-order valence-corrected chi connectivity index (χ4v) is 2.36. The summed E-state index contributed by atoms with van der Waals surface area (Å²) < 4.78 is 0.828.